The highest BCUT2D eigenvalue weighted by atomic mass is 79.9. The maximum Gasteiger partial charge on any atom is 0.290 e. The van der Waals surface area contributed by atoms with Gasteiger partial charge in [0.05, 0.1) is 31.5 Å². The summed E-state index contributed by atoms with van der Waals surface area (Å²) in [5.74, 6) is -0.833. The maximum absolute atomic E-state index is 13.6. The van der Waals surface area contributed by atoms with Gasteiger partial charge in [-0.2, -0.15) is 0 Å². The standard InChI is InChI=1S/C25H18BrNO6/c1-31-18-9-3-6-15-12-19(33-24(15)18)22(28)20-21(14-5-2-7-16(26)11-14)27(25(30)23(20)29)13-17-8-4-10-32-17/h2-12,21,29H,13H2,1H3. The van der Waals surface area contributed by atoms with E-state index in [0.29, 0.717) is 28.0 Å². The molecule has 7 nitrogen and oxygen atoms in total. The summed E-state index contributed by atoms with van der Waals surface area (Å²) in [7, 11) is 1.51. The number of para-hydroxylation sites is 1. The lowest BCUT2D eigenvalue weighted by molar-refractivity contribution is -0.130. The number of aliphatic hydroxyl groups excluding tert-OH is 1. The highest BCUT2D eigenvalue weighted by Gasteiger charge is 2.45. The molecule has 4 aromatic rings. The SMILES string of the molecule is COc1cccc2cc(C(=O)C3=C(O)C(=O)N(Cc4ccco4)C3c3cccc(Br)c3)oc12. The molecule has 0 saturated carbocycles. The third-order valence-electron chi connectivity index (χ3n) is 5.57. The van der Waals surface area contributed by atoms with E-state index in [2.05, 4.69) is 15.9 Å². The van der Waals surface area contributed by atoms with E-state index in [9.17, 15) is 14.7 Å². The number of ether oxygens (including phenoxy) is 1. The van der Waals surface area contributed by atoms with Crippen molar-refractivity contribution in [2.45, 2.75) is 12.6 Å². The van der Waals surface area contributed by atoms with E-state index >= 15 is 0 Å². The summed E-state index contributed by atoms with van der Waals surface area (Å²) in [4.78, 5) is 28.1. The van der Waals surface area contributed by atoms with Gasteiger partial charge in [0.2, 0.25) is 5.78 Å². The first kappa shape index (κ1) is 21.1. The first-order valence-electron chi connectivity index (χ1n) is 10.1. The van der Waals surface area contributed by atoms with Gasteiger partial charge in [0.25, 0.3) is 5.91 Å². The molecule has 0 bridgehead atoms. The van der Waals surface area contributed by atoms with Crippen molar-refractivity contribution in [2.75, 3.05) is 7.11 Å². The Labute approximate surface area is 197 Å². The Kier molecular flexibility index (Phi) is 5.30. The van der Waals surface area contributed by atoms with E-state index in [1.54, 1.807) is 54.6 Å². The zero-order valence-corrected chi connectivity index (χ0v) is 19.0. The molecule has 1 N–H and O–H groups in total. The van der Waals surface area contributed by atoms with Crippen molar-refractivity contribution in [1.29, 1.82) is 0 Å². The van der Waals surface area contributed by atoms with E-state index < -0.39 is 23.5 Å². The van der Waals surface area contributed by atoms with Crippen molar-refractivity contribution in [3.05, 3.63) is 99.8 Å². The predicted octanol–water partition coefficient (Wildman–Crippen LogP) is 5.58. The van der Waals surface area contributed by atoms with Gasteiger partial charge < -0.3 is 23.6 Å². The molecule has 1 aliphatic rings. The zero-order valence-electron chi connectivity index (χ0n) is 17.4. The van der Waals surface area contributed by atoms with Gasteiger partial charge in [0, 0.05) is 9.86 Å². The molecule has 0 spiro atoms. The minimum absolute atomic E-state index is 0.00342. The van der Waals surface area contributed by atoms with E-state index in [4.69, 9.17) is 13.6 Å². The molecule has 2 aromatic carbocycles. The second-order valence-electron chi connectivity index (χ2n) is 7.55. The molecule has 2 aromatic heterocycles. The van der Waals surface area contributed by atoms with Crippen LogP contribution >= 0.6 is 15.9 Å². The largest absolute Gasteiger partial charge is 0.503 e. The molecule has 0 radical (unpaired) electrons. The number of halogens is 1. The van der Waals surface area contributed by atoms with Gasteiger partial charge in [-0.1, -0.05) is 40.2 Å². The molecule has 1 unspecified atom stereocenters. The Morgan fingerprint density at radius 2 is 1.97 bits per heavy atom. The van der Waals surface area contributed by atoms with Crippen molar-refractivity contribution in [3.63, 3.8) is 0 Å². The number of benzene rings is 2. The van der Waals surface area contributed by atoms with Crippen LogP contribution in [0.2, 0.25) is 0 Å². The third-order valence-corrected chi connectivity index (χ3v) is 6.06. The van der Waals surface area contributed by atoms with Crippen molar-refractivity contribution in [2.24, 2.45) is 0 Å². The van der Waals surface area contributed by atoms with Crippen LogP contribution in [0.5, 0.6) is 5.75 Å². The fraction of sp³-hybridized carbons (Fsp3) is 0.120. The minimum atomic E-state index is -0.831. The average Bonchev–Trinajstić information content (AvgIpc) is 3.54. The van der Waals surface area contributed by atoms with E-state index in [1.807, 2.05) is 6.07 Å². The molecule has 1 aliphatic heterocycles. The minimum Gasteiger partial charge on any atom is -0.503 e. The second kappa shape index (κ2) is 8.29. The number of carbonyl (C=O) groups is 2. The summed E-state index contributed by atoms with van der Waals surface area (Å²) in [6, 6.07) is 16.8. The number of methoxy groups -OCH3 is 1. The van der Waals surface area contributed by atoms with Crippen LogP contribution in [0.1, 0.15) is 27.9 Å². The Balaban J connectivity index is 1.62. The van der Waals surface area contributed by atoms with Gasteiger partial charge in [0.15, 0.2) is 22.9 Å². The normalized spacial score (nSPS) is 16.1. The van der Waals surface area contributed by atoms with Crippen molar-refractivity contribution >= 4 is 38.6 Å². The number of hydrogen-bond donors (Lipinski definition) is 1. The number of furan rings is 2. The number of hydrogen-bond acceptors (Lipinski definition) is 6. The maximum atomic E-state index is 13.6. The van der Waals surface area contributed by atoms with Crippen LogP contribution in [0, 0.1) is 0 Å². The Morgan fingerprint density at radius 1 is 1.15 bits per heavy atom. The zero-order chi connectivity index (χ0) is 23.1. The van der Waals surface area contributed by atoms with Gasteiger partial charge in [-0.05, 0) is 42.0 Å². The molecule has 0 saturated heterocycles. The number of Topliss-reactive ketones (excluding diaryl/α,β-unsaturated/α-hetero) is 1. The first-order valence-corrected chi connectivity index (χ1v) is 10.9. The van der Waals surface area contributed by atoms with E-state index in [1.165, 1.54) is 18.3 Å². The highest BCUT2D eigenvalue weighted by Crippen LogP contribution is 2.41. The Morgan fingerprint density at radius 3 is 2.70 bits per heavy atom. The highest BCUT2D eigenvalue weighted by molar-refractivity contribution is 9.10. The lowest BCUT2D eigenvalue weighted by Gasteiger charge is -2.26. The topological polar surface area (TPSA) is 93.1 Å². The van der Waals surface area contributed by atoms with Crippen LogP contribution in [-0.4, -0.2) is 28.8 Å². The molecule has 0 aliphatic carbocycles. The third kappa shape index (κ3) is 3.62. The van der Waals surface area contributed by atoms with Gasteiger partial charge in [0.1, 0.15) is 5.76 Å². The van der Waals surface area contributed by atoms with Crippen LogP contribution in [0.3, 0.4) is 0 Å². The number of fused-ring (bicyclic) bond motifs is 1. The molecular weight excluding hydrogens is 490 g/mol. The van der Waals surface area contributed by atoms with Crippen molar-refractivity contribution in [3.8, 4) is 5.75 Å². The Hall–Kier alpha value is -3.78. The molecule has 1 atom stereocenters. The summed E-state index contributed by atoms with van der Waals surface area (Å²) in [6.45, 7) is 0.0812. The van der Waals surface area contributed by atoms with Crippen LogP contribution in [-0.2, 0) is 11.3 Å². The van der Waals surface area contributed by atoms with Crippen molar-refractivity contribution < 1.29 is 28.3 Å². The average molecular weight is 508 g/mol. The van der Waals surface area contributed by atoms with Crippen LogP contribution in [0.4, 0.5) is 0 Å². The van der Waals surface area contributed by atoms with E-state index in [-0.39, 0.29) is 17.9 Å². The monoisotopic (exact) mass is 507 g/mol. The number of ketones is 1. The van der Waals surface area contributed by atoms with Gasteiger partial charge in [-0.15, -0.1) is 0 Å². The second-order valence-corrected chi connectivity index (χ2v) is 8.47. The lowest BCUT2D eigenvalue weighted by atomic mass is 9.95. The van der Waals surface area contributed by atoms with Gasteiger partial charge in [-0.3, -0.25) is 9.59 Å². The number of nitrogens with zero attached hydrogens (tertiary/aromatic N) is 1. The quantitative estimate of drug-likeness (QED) is 0.342. The van der Waals surface area contributed by atoms with Crippen LogP contribution in [0.15, 0.2) is 91.6 Å². The smallest absolute Gasteiger partial charge is 0.290 e. The van der Waals surface area contributed by atoms with Gasteiger partial charge in [-0.25, -0.2) is 0 Å². The van der Waals surface area contributed by atoms with Crippen molar-refractivity contribution in [1.82, 2.24) is 4.90 Å². The van der Waals surface area contributed by atoms with Crippen LogP contribution < -0.4 is 4.74 Å². The lowest BCUT2D eigenvalue weighted by Crippen LogP contribution is -2.30. The number of amides is 1. The number of carbonyl (C=O) groups excluding carboxylic acids is 2. The molecule has 33 heavy (non-hydrogen) atoms. The Bertz CT molecular complexity index is 1400. The first-order chi connectivity index (χ1) is 16.0. The molecule has 166 valence electrons. The summed E-state index contributed by atoms with van der Waals surface area (Å²) < 4.78 is 17.3. The van der Waals surface area contributed by atoms with Gasteiger partial charge >= 0.3 is 0 Å². The van der Waals surface area contributed by atoms with Crippen LogP contribution in [0.25, 0.3) is 11.0 Å². The summed E-state index contributed by atoms with van der Waals surface area (Å²) in [6.07, 6.45) is 1.51. The molecule has 0 fully saturated rings. The molecule has 5 rings (SSSR count). The molecule has 1 amide bonds. The fourth-order valence-corrected chi connectivity index (χ4v) is 4.50. The summed E-state index contributed by atoms with van der Waals surface area (Å²) in [5.41, 5.74) is 1.02. The summed E-state index contributed by atoms with van der Waals surface area (Å²) >= 11 is 3.44. The fourth-order valence-electron chi connectivity index (χ4n) is 4.08. The number of rotatable bonds is 6. The predicted molar refractivity (Wildman–Crippen MR) is 123 cm³/mol. The molecule has 8 heteroatoms. The summed E-state index contributed by atoms with van der Waals surface area (Å²) in [5, 5.41) is 11.5. The number of aliphatic hydroxyl groups is 1. The molecule has 3 heterocycles. The molecular formula is C25H18BrNO6. The van der Waals surface area contributed by atoms with E-state index in [0.717, 1.165) is 4.47 Å².